The van der Waals surface area contributed by atoms with Crippen LogP contribution in [0.25, 0.3) is 0 Å². The topological polar surface area (TPSA) is 174 Å². The van der Waals surface area contributed by atoms with Gasteiger partial charge >= 0.3 is 0 Å². The first-order chi connectivity index (χ1) is 18.3. The van der Waals surface area contributed by atoms with Crippen LogP contribution in [0.5, 0.6) is 5.88 Å². The van der Waals surface area contributed by atoms with E-state index in [4.69, 9.17) is 16.2 Å². The largest absolute Gasteiger partial charge is 0.456 e. The first-order valence-corrected chi connectivity index (χ1v) is 13.4. The van der Waals surface area contributed by atoms with Crippen LogP contribution in [-0.2, 0) is 19.2 Å². The number of nitrogens with zero attached hydrogens (tertiary/aromatic N) is 4. The van der Waals surface area contributed by atoms with Gasteiger partial charge in [0.2, 0.25) is 23.3 Å². The lowest BCUT2D eigenvalue weighted by Crippen LogP contribution is -2.59. The number of alkyl halides is 1. The Kier molecular flexibility index (Phi) is 5.69. The fourth-order valence-corrected chi connectivity index (χ4v) is 7.50. The molecule has 1 aromatic heterocycles. The summed E-state index contributed by atoms with van der Waals surface area (Å²) in [7, 11) is 0. The van der Waals surface area contributed by atoms with E-state index in [1.807, 2.05) is 20.8 Å². The van der Waals surface area contributed by atoms with Crippen molar-refractivity contribution in [1.82, 2.24) is 19.8 Å². The van der Waals surface area contributed by atoms with E-state index in [0.29, 0.717) is 19.4 Å². The molecule has 12 nitrogen and oxygen atoms in total. The number of nitrogens with one attached hydrogen (secondary N) is 1. The number of hydrogen-bond acceptors (Lipinski definition) is 8. The molecule has 5 aliphatic rings. The summed E-state index contributed by atoms with van der Waals surface area (Å²) in [6, 6.07) is -3.07. The van der Waals surface area contributed by atoms with Gasteiger partial charge in [-0.3, -0.25) is 19.2 Å². The van der Waals surface area contributed by atoms with Gasteiger partial charge in [0.1, 0.15) is 18.3 Å². The molecule has 4 fully saturated rings. The smallest absolute Gasteiger partial charge is 0.271 e. The van der Waals surface area contributed by atoms with E-state index in [1.54, 1.807) is 0 Å². The Morgan fingerprint density at radius 2 is 1.90 bits per heavy atom. The molecular formula is C26H34FN7O5. The summed E-state index contributed by atoms with van der Waals surface area (Å²) < 4.78 is 21.0. The Bertz CT molecular complexity index is 1260. The van der Waals surface area contributed by atoms with Gasteiger partial charge in [-0.2, -0.15) is 0 Å². The molecule has 2 bridgehead atoms. The van der Waals surface area contributed by atoms with Crippen molar-refractivity contribution in [3.8, 4) is 5.88 Å². The third-order valence-electron chi connectivity index (χ3n) is 9.54. The predicted octanol–water partition coefficient (Wildman–Crippen LogP) is -0.173. The number of likely N-dealkylation sites (tertiary alicyclic amines) is 2. The fourth-order valence-electron chi connectivity index (χ4n) is 7.50. The zero-order chi connectivity index (χ0) is 28.0. The van der Waals surface area contributed by atoms with Gasteiger partial charge in [-0.25, -0.2) is 14.4 Å². The van der Waals surface area contributed by atoms with Crippen LogP contribution in [0, 0.1) is 29.1 Å². The molecular weight excluding hydrogens is 509 g/mol. The molecule has 2 aliphatic carbocycles. The SMILES string of the molecule is CC(C)(C)[C@H](N)C(=O)N1C[C@@H]2[C@H]3C[C@@H]([C@@H]2[C@H]1C(=O)N1C[C@@]2(C[C@H]1C(N)=O)Oc1nccnc1NC2=O)[C@H](F)C3. The first-order valence-electron chi connectivity index (χ1n) is 13.4. The Balaban J connectivity index is 1.36. The van der Waals surface area contributed by atoms with Crippen molar-refractivity contribution in [3.63, 3.8) is 0 Å². The maximum absolute atomic E-state index is 15.0. The van der Waals surface area contributed by atoms with Crippen molar-refractivity contribution in [2.24, 2.45) is 40.6 Å². The minimum absolute atomic E-state index is 0.0351. The molecule has 9 atom stereocenters. The van der Waals surface area contributed by atoms with Crippen LogP contribution in [0.3, 0.4) is 0 Å². The lowest BCUT2D eigenvalue weighted by molar-refractivity contribution is -0.150. The van der Waals surface area contributed by atoms with Crippen molar-refractivity contribution >= 4 is 29.4 Å². The van der Waals surface area contributed by atoms with Crippen LogP contribution in [0.15, 0.2) is 12.4 Å². The van der Waals surface area contributed by atoms with Crippen molar-refractivity contribution in [3.05, 3.63) is 12.4 Å². The summed E-state index contributed by atoms with van der Waals surface area (Å²) in [4.78, 5) is 64.8. The fraction of sp³-hybridized carbons (Fsp3) is 0.692. The highest BCUT2D eigenvalue weighted by molar-refractivity contribution is 6.02. The summed E-state index contributed by atoms with van der Waals surface area (Å²) in [5.74, 6) is -2.83. The highest BCUT2D eigenvalue weighted by Gasteiger charge is 2.65. The molecule has 13 heteroatoms. The lowest BCUT2D eigenvalue weighted by Gasteiger charge is -2.38. The van der Waals surface area contributed by atoms with Gasteiger partial charge in [-0.1, -0.05) is 20.8 Å². The van der Waals surface area contributed by atoms with Crippen molar-refractivity contribution < 1.29 is 28.3 Å². The zero-order valence-electron chi connectivity index (χ0n) is 22.2. The highest BCUT2D eigenvalue weighted by atomic mass is 19.1. The Hall–Kier alpha value is -3.35. The Morgan fingerprint density at radius 3 is 2.59 bits per heavy atom. The van der Waals surface area contributed by atoms with Crippen LogP contribution in [0.4, 0.5) is 10.2 Å². The molecule has 4 heterocycles. The number of ether oxygens (including phenoxy) is 1. The predicted molar refractivity (Wildman–Crippen MR) is 134 cm³/mol. The number of carbonyl (C=O) groups excluding carboxylic acids is 4. The van der Waals surface area contributed by atoms with E-state index < -0.39 is 59.0 Å². The van der Waals surface area contributed by atoms with Crippen LogP contribution >= 0.6 is 0 Å². The van der Waals surface area contributed by atoms with Crippen LogP contribution < -0.4 is 21.5 Å². The van der Waals surface area contributed by atoms with Crippen LogP contribution in [0.1, 0.15) is 40.0 Å². The molecule has 2 saturated carbocycles. The highest BCUT2D eigenvalue weighted by Crippen LogP contribution is 2.59. The third kappa shape index (κ3) is 3.80. The number of amides is 4. The van der Waals surface area contributed by atoms with Gasteiger partial charge in [-0.15, -0.1) is 0 Å². The maximum Gasteiger partial charge on any atom is 0.271 e. The molecule has 5 N–H and O–H groups in total. The van der Waals surface area contributed by atoms with Crippen LogP contribution in [0.2, 0.25) is 0 Å². The number of nitrogens with two attached hydrogens (primary N) is 2. The summed E-state index contributed by atoms with van der Waals surface area (Å²) >= 11 is 0. The number of rotatable bonds is 3. The van der Waals surface area contributed by atoms with Gasteiger partial charge in [0, 0.05) is 25.4 Å². The molecule has 210 valence electrons. The van der Waals surface area contributed by atoms with Gasteiger partial charge in [-0.05, 0) is 41.9 Å². The summed E-state index contributed by atoms with van der Waals surface area (Å²) in [5.41, 5.74) is 9.90. The monoisotopic (exact) mass is 543 g/mol. The normalized spacial score (nSPS) is 37.4. The average Bonchev–Trinajstić information content (AvgIpc) is 3.62. The molecule has 39 heavy (non-hydrogen) atoms. The van der Waals surface area contributed by atoms with Crippen LogP contribution in [-0.4, -0.2) is 86.4 Å². The second-order valence-corrected chi connectivity index (χ2v) is 12.8. The van der Waals surface area contributed by atoms with Gasteiger partial charge < -0.3 is 31.3 Å². The molecule has 0 radical (unpaired) electrons. The lowest BCUT2D eigenvalue weighted by atomic mass is 9.77. The Morgan fingerprint density at radius 1 is 1.18 bits per heavy atom. The second kappa shape index (κ2) is 8.57. The van der Waals surface area contributed by atoms with E-state index in [9.17, 15) is 19.2 Å². The standard InChI is InChI=1S/C26H34FN7O5/c1-25(2,3)18(28)23(37)33-9-13-11-6-12(14(27)7-11)16(13)17(33)22(36)34-10-26(8-15(34)19(29)35)24(38)32-20-21(39-26)31-5-4-30-20/h4-5,11-18H,6-10,28H2,1-3H3,(H2,29,35)(H,30,32,38)/t11-,12+,13+,14+,15-,16-,17-,18+,26+/m0/s1. The number of anilines is 1. The third-order valence-corrected chi connectivity index (χ3v) is 9.54. The first kappa shape index (κ1) is 25.9. The van der Waals surface area contributed by atoms with Gasteiger partial charge in [0.05, 0.1) is 12.6 Å². The number of fused-ring (bicyclic) bond motifs is 6. The quantitative estimate of drug-likeness (QED) is 0.471. The van der Waals surface area contributed by atoms with Gasteiger partial charge in [0.25, 0.3) is 11.8 Å². The number of halogens is 1. The molecule has 4 amide bonds. The van der Waals surface area contributed by atoms with E-state index >= 15 is 4.39 Å². The molecule has 0 unspecified atom stereocenters. The molecule has 6 rings (SSSR count). The van der Waals surface area contributed by atoms with E-state index in [2.05, 4.69) is 15.3 Å². The maximum atomic E-state index is 15.0. The minimum atomic E-state index is -1.62. The molecule has 3 aliphatic heterocycles. The zero-order valence-corrected chi connectivity index (χ0v) is 22.2. The van der Waals surface area contributed by atoms with Crippen molar-refractivity contribution in [2.45, 2.75) is 69.9 Å². The summed E-state index contributed by atoms with van der Waals surface area (Å²) in [6.45, 7) is 5.56. The van der Waals surface area contributed by atoms with E-state index in [1.165, 1.54) is 22.2 Å². The van der Waals surface area contributed by atoms with Crippen molar-refractivity contribution in [1.29, 1.82) is 0 Å². The van der Waals surface area contributed by atoms with Crippen molar-refractivity contribution in [2.75, 3.05) is 18.4 Å². The number of carbonyl (C=O) groups is 4. The minimum Gasteiger partial charge on any atom is -0.456 e. The van der Waals surface area contributed by atoms with E-state index in [0.717, 1.165) is 0 Å². The second-order valence-electron chi connectivity index (χ2n) is 12.8. The number of aromatic nitrogens is 2. The molecule has 1 spiro atoms. The molecule has 2 saturated heterocycles. The number of hydrogen-bond donors (Lipinski definition) is 3. The van der Waals surface area contributed by atoms with Gasteiger partial charge in [0.15, 0.2) is 5.82 Å². The Labute approximate surface area is 225 Å². The number of primary amides is 1. The molecule has 0 aromatic carbocycles. The summed E-state index contributed by atoms with van der Waals surface area (Å²) in [6.07, 6.45) is 2.64. The summed E-state index contributed by atoms with van der Waals surface area (Å²) in [5, 5.41) is 2.65. The van der Waals surface area contributed by atoms with E-state index in [-0.39, 0.29) is 48.3 Å². The average molecular weight is 544 g/mol. The molecule has 1 aromatic rings.